The number of nitrogens with zero attached hydrogens (tertiary/aromatic N) is 2. The van der Waals surface area contributed by atoms with Gasteiger partial charge < -0.3 is 9.64 Å². The monoisotopic (exact) mass is 352 g/mol. The molecule has 3 aromatic rings. The topological polar surface area (TPSA) is 42.4 Å². The molecule has 128 valence electrons. The van der Waals surface area contributed by atoms with Crippen LogP contribution in [0.4, 0.5) is 0 Å². The summed E-state index contributed by atoms with van der Waals surface area (Å²) in [7, 11) is 3.47. The number of thiazole rings is 1. The summed E-state index contributed by atoms with van der Waals surface area (Å²) in [4.78, 5) is 17.8. The van der Waals surface area contributed by atoms with Crippen LogP contribution in [0.1, 0.15) is 12.5 Å². The number of para-hydroxylation sites is 1. The van der Waals surface area contributed by atoms with E-state index in [2.05, 4.69) is 5.38 Å². The Morgan fingerprint density at radius 1 is 1.16 bits per heavy atom. The standard InChI is InChI=1S/C20H20N2O2S/c1-14(23)22(2)12-15-8-10-16(11-9-15)18-13-25-20(21-18)17-6-4-5-7-19(17)24-3/h4-11,13H,12H2,1-3H3. The number of hydrogen-bond donors (Lipinski definition) is 0. The van der Waals surface area contributed by atoms with Crippen LogP contribution in [0.3, 0.4) is 0 Å². The van der Waals surface area contributed by atoms with Crippen molar-refractivity contribution in [1.82, 2.24) is 9.88 Å². The third kappa shape index (κ3) is 3.88. The zero-order valence-corrected chi connectivity index (χ0v) is 15.3. The number of methoxy groups -OCH3 is 1. The van der Waals surface area contributed by atoms with Gasteiger partial charge in [0.05, 0.1) is 18.4 Å². The quantitative estimate of drug-likeness (QED) is 0.681. The van der Waals surface area contributed by atoms with Crippen molar-refractivity contribution in [3.05, 3.63) is 59.5 Å². The van der Waals surface area contributed by atoms with Gasteiger partial charge in [-0.05, 0) is 17.7 Å². The van der Waals surface area contributed by atoms with Crippen molar-refractivity contribution >= 4 is 17.2 Å². The van der Waals surface area contributed by atoms with Crippen LogP contribution in [0.15, 0.2) is 53.9 Å². The summed E-state index contributed by atoms with van der Waals surface area (Å²) in [6.07, 6.45) is 0. The first-order valence-corrected chi connectivity index (χ1v) is 8.86. The fourth-order valence-electron chi connectivity index (χ4n) is 2.52. The Bertz CT molecular complexity index is 871. The summed E-state index contributed by atoms with van der Waals surface area (Å²) in [5.41, 5.74) is 4.10. The Morgan fingerprint density at radius 2 is 1.88 bits per heavy atom. The fraction of sp³-hybridized carbons (Fsp3) is 0.200. The first-order chi connectivity index (χ1) is 12.1. The fourth-order valence-corrected chi connectivity index (χ4v) is 3.38. The van der Waals surface area contributed by atoms with Gasteiger partial charge in [-0.1, -0.05) is 36.4 Å². The van der Waals surface area contributed by atoms with Crippen molar-refractivity contribution in [1.29, 1.82) is 0 Å². The lowest BCUT2D eigenvalue weighted by molar-refractivity contribution is -0.128. The molecule has 0 radical (unpaired) electrons. The molecular weight excluding hydrogens is 332 g/mol. The summed E-state index contributed by atoms with van der Waals surface area (Å²) in [5.74, 6) is 0.885. The van der Waals surface area contributed by atoms with E-state index < -0.39 is 0 Å². The molecular formula is C20H20N2O2S. The number of amides is 1. The van der Waals surface area contributed by atoms with Crippen molar-refractivity contribution < 1.29 is 9.53 Å². The Morgan fingerprint density at radius 3 is 2.56 bits per heavy atom. The van der Waals surface area contributed by atoms with Crippen LogP contribution in [-0.4, -0.2) is 29.9 Å². The minimum Gasteiger partial charge on any atom is -0.496 e. The van der Waals surface area contributed by atoms with Gasteiger partial charge in [0.2, 0.25) is 5.91 Å². The number of benzene rings is 2. The van der Waals surface area contributed by atoms with Gasteiger partial charge in [-0.2, -0.15) is 0 Å². The normalized spacial score (nSPS) is 10.5. The second kappa shape index (κ2) is 7.49. The molecule has 25 heavy (non-hydrogen) atoms. The molecule has 3 rings (SSSR count). The summed E-state index contributed by atoms with van der Waals surface area (Å²) in [6.45, 7) is 2.18. The lowest BCUT2D eigenvalue weighted by atomic mass is 10.1. The van der Waals surface area contributed by atoms with Crippen LogP contribution in [0.2, 0.25) is 0 Å². The highest BCUT2D eigenvalue weighted by Crippen LogP contribution is 2.34. The van der Waals surface area contributed by atoms with E-state index in [0.29, 0.717) is 6.54 Å². The van der Waals surface area contributed by atoms with Crippen molar-refractivity contribution in [2.24, 2.45) is 0 Å². The maximum absolute atomic E-state index is 11.3. The number of carbonyl (C=O) groups excluding carboxylic acids is 1. The number of ether oxygens (including phenoxy) is 1. The van der Waals surface area contributed by atoms with Gasteiger partial charge in [-0.3, -0.25) is 4.79 Å². The molecule has 1 heterocycles. The highest BCUT2D eigenvalue weighted by Gasteiger charge is 2.11. The van der Waals surface area contributed by atoms with E-state index in [1.165, 1.54) is 0 Å². The molecule has 0 atom stereocenters. The highest BCUT2D eigenvalue weighted by atomic mass is 32.1. The van der Waals surface area contributed by atoms with Crippen LogP contribution in [-0.2, 0) is 11.3 Å². The molecule has 0 bridgehead atoms. The zero-order valence-electron chi connectivity index (χ0n) is 14.5. The smallest absolute Gasteiger partial charge is 0.219 e. The maximum Gasteiger partial charge on any atom is 0.219 e. The van der Waals surface area contributed by atoms with Crippen LogP contribution in [0.25, 0.3) is 21.8 Å². The minimum absolute atomic E-state index is 0.0602. The Balaban J connectivity index is 1.82. The van der Waals surface area contributed by atoms with E-state index in [1.54, 1.807) is 37.3 Å². The predicted octanol–water partition coefficient (Wildman–Crippen LogP) is 4.46. The van der Waals surface area contributed by atoms with Gasteiger partial charge in [-0.15, -0.1) is 11.3 Å². The van der Waals surface area contributed by atoms with Crippen LogP contribution < -0.4 is 4.74 Å². The maximum atomic E-state index is 11.3. The summed E-state index contributed by atoms with van der Waals surface area (Å²) >= 11 is 1.60. The lowest BCUT2D eigenvalue weighted by Gasteiger charge is -2.14. The SMILES string of the molecule is COc1ccccc1-c1nc(-c2ccc(CN(C)C(C)=O)cc2)cs1. The van der Waals surface area contributed by atoms with Gasteiger partial charge in [0.15, 0.2) is 0 Å². The first-order valence-electron chi connectivity index (χ1n) is 7.98. The molecule has 0 aliphatic rings. The van der Waals surface area contributed by atoms with E-state index in [4.69, 9.17) is 9.72 Å². The van der Waals surface area contributed by atoms with E-state index in [9.17, 15) is 4.79 Å². The van der Waals surface area contributed by atoms with Gasteiger partial charge in [0, 0.05) is 31.5 Å². The van der Waals surface area contributed by atoms with Crippen molar-refractivity contribution in [2.45, 2.75) is 13.5 Å². The average Bonchev–Trinajstić information content (AvgIpc) is 3.12. The third-order valence-corrected chi connectivity index (χ3v) is 4.92. The molecule has 0 fully saturated rings. The average molecular weight is 352 g/mol. The number of rotatable bonds is 5. The molecule has 4 nitrogen and oxygen atoms in total. The molecule has 0 unspecified atom stereocenters. The lowest BCUT2D eigenvalue weighted by Crippen LogP contribution is -2.22. The van der Waals surface area contributed by atoms with Crippen LogP contribution in [0, 0.1) is 0 Å². The third-order valence-electron chi connectivity index (χ3n) is 4.05. The van der Waals surface area contributed by atoms with E-state index >= 15 is 0 Å². The molecule has 2 aromatic carbocycles. The second-order valence-corrected chi connectivity index (χ2v) is 6.67. The van der Waals surface area contributed by atoms with E-state index in [-0.39, 0.29) is 5.91 Å². The Labute approximate surface area is 151 Å². The second-order valence-electron chi connectivity index (χ2n) is 5.81. The van der Waals surface area contributed by atoms with Gasteiger partial charge in [-0.25, -0.2) is 4.98 Å². The molecule has 1 amide bonds. The summed E-state index contributed by atoms with van der Waals surface area (Å²) in [5, 5.41) is 2.99. The first kappa shape index (κ1) is 17.2. The molecule has 0 N–H and O–H groups in total. The molecule has 0 saturated carbocycles. The van der Waals surface area contributed by atoms with Crippen molar-refractivity contribution in [3.8, 4) is 27.6 Å². The molecule has 1 aromatic heterocycles. The number of carbonyl (C=O) groups is 1. The van der Waals surface area contributed by atoms with E-state index in [1.807, 2.05) is 48.5 Å². The Kier molecular flexibility index (Phi) is 5.14. The van der Waals surface area contributed by atoms with Gasteiger partial charge in [0.1, 0.15) is 10.8 Å². The van der Waals surface area contributed by atoms with Crippen LogP contribution >= 0.6 is 11.3 Å². The zero-order chi connectivity index (χ0) is 17.8. The summed E-state index contributed by atoms with van der Waals surface area (Å²) in [6, 6.07) is 16.1. The van der Waals surface area contributed by atoms with Gasteiger partial charge in [0.25, 0.3) is 0 Å². The molecule has 0 aliphatic heterocycles. The number of hydrogen-bond acceptors (Lipinski definition) is 4. The largest absolute Gasteiger partial charge is 0.496 e. The molecule has 5 heteroatoms. The molecule has 0 spiro atoms. The Hall–Kier alpha value is -2.66. The van der Waals surface area contributed by atoms with Crippen LogP contribution in [0.5, 0.6) is 5.75 Å². The minimum atomic E-state index is 0.0602. The number of aromatic nitrogens is 1. The van der Waals surface area contributed by atoms with Gasteiger partial charge >= 0.3 is 0 Å². The van der Waals surface area contributed by atoms with Crippen molar-refractivity contribution in [2.75, 3.05) is 14.2 Å². The molecule has 0 saturated heterocycles. The summed E-state index contributed by atoms with van der Waals surface area (Å²) < 4.78 is 5.42. The van der Waals surface area contributed by atoms with Crippen molar-refractivity contribution in [3.63, 3.8) is 0 Å². The molecule has 0 aliphatic carbocycles. The predicted molar refractivity (Wildman–Crippen MR) is 102 cm³/mol. The van der Waals surface area contributed by atoms with E-state index in [0.717, 1.165) is 33.1 Å². The highest BCUT2D eigenvalue weighted by molar-refractivity contribution is 7.13.